The minimum Gasteiger partial charge on any atom is -0.396 e. The van der Waals surface area contributed by atoms with Crippen LogP contribution in [0.15, 0.2) is 6.20 Å². The lowest BCUT2D eigenvalue weighted by molar-refractivity contribution is 0.231. The van der Waals surface area contributed by atoms with Gasteiger partial charge in [0.2, 0.25) is 0 Å². The van der Waals surface area contributed by atoms with Gasteiger partial charge in [-0.2, -0.15) is 0 Å². The van der Waals surface area contributed by atoms with Crippen LogP contribution in [0.5, 0.6) is 0 Å². The average Bonchev–Trinajstić information content (AvgIpc) is 2.76. The molecule has 1 fully saturated rings. The number of nitrogens with zero attached hydrogens (tertiary/aromatic N) is 2. The summed E-state index contributed by atoms with van der Waals surface area (Å²) in [6.45, 7) is 3.89. The van der Waals surface area contributed by atoms with Crippen molar-refractivity contribution < 1.29 is 5.11 Å². The molecule has 2 heterocycles. The minimum atomic E-state index is 0.230. The van der Waals surface area contributed by atoms with Crippen molar-refractivity contribution >= 4 is 11.3 Å². The lowest BCUT2D eigenvalue weighted by Crippen LogP contribution is -2.31. The van der Waals surface area contributed by atoms with E-state index in [-0.39, 0.29) is 6.61 Å². The van der Waals surface area contributed by atoms with Crippen LogP contribution in [-0.4, -0.2) is 41.2 Å². The van der Waals surface area contributed by atoms with E-state index in [1.165, 1.54) is 42.2 Å². The van der Waals surface area contributed by atoms with E-state index >= 15 is 0 Å². The molecule has 0 aromatic carbocycles. The zero-order chi connectivity index (χ0) is 11.2. The first-order valence-electron chi connectivity index (χ1n) is 6.15. The van der Waals surface area contributed by atoms with Crippen molar-refractivity contribution in [3.05, 3.63) is 16.1 Å². The molecule has 4 heteroatoms. The summed E-state index contributed by atoms with van der Waals surface area (Å²) in [7, 11) is 0. The molecule has 0 amide bonds. The number of thiazole rings is 1. The summed E-state index contributed by atoms with van der Waals surface area (Å²) in [5.74, 6) is 0. The van der Waals surface area contributed by atoms with Crippen molar-refractivity contribution in [3.8, 4) is 0 Å². The van der Waals surface area contributed by atoms with Crippen molar-refractivity contribution in [2.24, 2.45) is 0 Å². The molecule has 1 aliphatic rings. The number of hydrogen-bond donors (Lipinski definition) is 1. The maximum absolute atomic E-state index is 8.83. The van der Waals surface area contributed by atoms with E-state index in [2.05, 4.69) is 9.88 Å². The van der Waals surface area contributed by atoms with Crippen molar-refractivity contribution in [1.29, 1.82) is 0 Å². The summed E-state index contributed by atoms with van der Waals surface area (Å²) < 4.78 is 0. The molecule has 1 saturated heterocycles. The molecule has 1 N–H and O–H groups in total. The van der Waals surface area contributed by atoms with E-state index in [0.717, 1.165) is 19.4 Å². The van der Waals surface area contributed by atoms with Crippen LogP contribution in [0.2, 0.25) is 0 Å². The van der Waals surface area contributed by atoms with Crippen LogP contribution in [0.25, 0.3) is 0 Å². The van der Waals surface area contributed by atoms with Crippen LogP contribution < -0.4 is 0 Å². The summed E-state index contributed by atoms with van der Waals surface area (Å²) in [5, 5.41) is 10.1. The SMILES string of the molecule is OCCc1cnc(CCN2CCCCC2)s1. The Morgan fingerprint density at radius 1 is 1.25 bits per heavy atom. The molecule has 0 atom stereocenters. The Hall–Kier alpha value is -0.450. The van der Waals surface area contributed by atoms with E-state index in [4.69, 9.17) is 5.11 Å². The Morgan fingerprint density at radius 2 is 2.06 bits per heavy atom. The van der Waals surface area contributed by atoms with Crippen LogP contribution in [0.1, 0.15) is 29.1 Å². The topological polar surface area (TPSA) is 36.4 Å². The highest BCUT2D eigenvalue weighted by molar-refractivity contribution is 7.11. The molecule has 1 aromatic heterocycles. The van der Waals surface area contributed by atoms with Gasteiger partial charge in [0.05, 0.1) is 5.01 Å². The van der Waals surface area contributed by atoms with E-state index < -0.39 is 0 Å². The Kier molecular flexibility index (Phi) is 4.75. The second-order valence-electron chi connectivity index (χ2n) is 4.35. The van der Waals surface area contributed by atoms with E-state index in [1.54, 1.807) is 11.3 Å². The Bertz CT molecular complexity index is 308. The summed E-state index contributed by atoms with van der Waals surface area (Å²) >= 11 is 1.75. The summed E-state index contributed by atoms with van der Waals surface area (Å²) in [5.41, 5.74) is 0. The fourth-order valence-electron chi connectivity index (χ4n) is 2.13. The molecule has 1 aromatic rings. The van der Waals surface area contributed by atoms with E-state index in [1.807, 2.05) is 6.20 Å². The third-order valence-corrected chi connectivity index (χ3v) is 4.17. The number of aliphatic hydroxyl groups excluding tert-OH is 1. The van der Waals surface area contributed by atoms with Gasteiger partial charge in [-0.3, -0.25) is 0 Å². The number of rotatable bonds is 5. The number of piperidine rings is 1. The Labute approximate surface area is 101 Å². The van der Waals surface area contributed by atoms with Gasteiger partial charge in [0, 0.05) is 37.1 Å². The highest BCUT2D eigenvalue weighted by atomic mass is 32.1. The number of aromatic nitrogens is 1. The number of hydrogen-bond acceptors (Lipinski definition) is 4. The molecule has 3 nitrogen and oxygen atoms in total. The molecule has 0 radical (unpaired) electrons. The lowest BCUT2D eigenvalue weighted by Gasteiger charge is -2.25. The van der Waals surface area contributed by atoms with Crippen molar-refractivity contribution in [2.75, 3.05) is 26.2 Å². The van der Waals surface area contributed by atoms with Gasteiger partial charge < -0.3 is 10.0 Å². The predicted molar refractivity (Wildman–Crippen MR) is 66.9 cm³/mol. The van der Waals surface area contributed by atoms with Gasteiger partial charge in [-0.1, -0.05) is 6.42 Å². The molecule has 0 unspecified atom stereocenters. The minimum absolute atomic E-state index is 0.230. The van der Waals surface area contributed by atoms with E-state index in [0.29, 0.717) is 0 Å². The second-order valence-corrected chi connectivity index (χ2v) is 5.55. The zero-order valence-electron chi connectivity index (χ0n) is 9.69. The van der Waals surface area contributed by atoms with E-state index in [9.17, 15) is 0 Å². The monoisotopic (exact) mass is 240 g/mol. The first kappa shape index (κ1) is 12.0. The Balaban J connectivity index is 1.75. The van der Waals surface area contributed by atoms with Crippen LogP contribution in [0.3, 0.4) is 0 Å². The Morgan fingerprint density at radius 3 is 2.81 bits per heavy atom. The number of likely N-dealkylation sites (tertiary alicyclic amines) is 1. The van der Waals surface area contributed by atoms with Crippen LogP contribution in [-0.2, 0) is 12.8 Å². The maximum atomic E-state index is 8.83. The summed E-state index contributed by atoms with van der Waals surface area (Å²) in [4.78, 5) is 8.14. The molecule has 90 valence electrons. The molecule has 2 rings (SSSR count). The van der Waals surface area contributed by atoms with Gasteiger partial charge in [-0.05, 0) is 25.9 Å². The van der Waals surface area contributed by atoms with Gasteiger partial charge in [0.15, 0.2) is 0 Å². The fourth-order valence-corrected chi connectivity index (χ4v) is 3.03. The van der Waals surface area contributed by atoms with Gasteiger partial charge in [-0.25, -0.2) is 4.98 Å². The van der Waals surface area contributed by atoms with Gasteiger partial charge in [0.25, 0.3) is 0 Å². The fraction of sp³-hybridized carbons (Fsp3) is 0.750. The molecular weight excluding hydrogens is 220 g/mol. The smallest absolute Gasteiger partial charge is 0.0940 e. The average molecular weight is 240 g/mol. The van der Waals surface area contributed by atoms with Crippen LogP contribution in [0.4, 0.5) is 0 Å². The third-order valence-electron chi connectivity index (χ3n) is 3.05. The van der Waals surface area contributed by atoms with Crippen molar-refractivity contribution in [3.63, 3.8) is 0 Å². The second kappa shape index (κ2) is 6.33. The molecule has 1 aliphatic heterocycles. The van der Waals surface area contributed by atoms with Gasteiger partial charge in [-0.15, -0.1) is 11.3 Å². The highest BCUT2D eigenvalue weighted by Crippen LogP contribution is 2.15. The number of aliphatic hydroxyl groups is 1. The molecule has 0 spiro atoms. The van der Waals surface area contributed by atoms with Crippen molar-refractivity contribution in [1.82, 2.24) is 9.88 Å². The highest BCUT2D eigenvalue weighted by Gasteiger charge is 2.10. The molecule has 16 heavy (non-hydrogen) atoms. The quantitative estimate of drug-likeness (QED) is 0.851. The zero-order valence-corrected chi connectivity index (χ0v) is 10.5. The third kappa shape index (κ3) is 3.54. The normalized spacial score (nSPS) is 17.8. The van der Waals surface area contributed by atoms with Crippen LogP contribution >= 0.6 is 11.3 Å². The predicted octanol–water partition coefficient (Wildman–Crippen LogP) is 1.71. The lowest BCUT2D eigenvalue weighted by atomic mass is 10.1. The van der Waals surface area contributed by atoms with Gasteiger partial charge in [0.1, 0.15) is 0 Å². The molecular formula is C12H20N2OS. The van der Waals surface area contributed by atoms with Crippen LogP contribution in [0, 0.1) is 0 Å². The standard InChI is InChI=1S/C12H20N2OS/c15-9-5-11-10-13-12(16-11)4-8-14-6-2-1-3-7-14/h10,15H,1-9H2. The largest absolute Gasteiger partial charge is 0.396 e. The summed E-state index contributed by atoms with van der Waals surface area (Å²) in [6.07, 6.45) is 7.83. The van der Waals surface area contributed by atoms with Crippen molar-refractivity contribution in [2.45, 2.75) is 32.1 Å². The molecule has 0 bridgehead atoms. The molecule has 0 aliphatic carbocycles. The summed E-state index contributed by atoms with van der Waals surface area (Å²) in [6, 6.07) is 0. The molecule has 0 saturated carbocycles. The maximum Gasteiger partial charge on any atom is 0.0940 e. The van der Waals surface area contributed by atoms with Gasteiger partial charge >= 0.3 is 0 Å². The first-order valence-corrected chi connectivity index (χ1v) is 6.97. The first-order chi connectivity index (χ1) is 7.88.